The Kier molecular flexibility index (Phi) is 5.77. The van der Waals surface area contributed by atoms with Gasteiger partial charge in [-0.15, -0.1) is 0 Å². The maximum atomic E-state index is 12.3. The van der Waals surface area contributed by atoms with E-state index < -0.39 is 5.91 Å². The first-order valence-electron chi connectivity index (χ1n) is 8.19. The van der Waals surface area contributed by atoms with E-state index in [1.807, 2.05) is 6.07 Å². The van der Waals surface area contributed by atoms with Gasteiger partial charge in [0.05, 0.1) is 12.1 Å². The van der Waals surface area contributed by atoms with Gasteiger partial charge in [-0.3, -0.25) is 19.7 Å². The zero-order valence-electron chi connectivity index (χ0n) is 14.3. The lowest BCUT2D eigenvalue weighted by molar-refractivity contribution is -0.118. The van der Waals surface area contributed by atoms with Crippen molar-refractivity contribution in [2.24, 2.45) is 5.73 Å². The van der Waals surface area contributed by atoms with Crippen molar-refractivity contribution in [3.8, 4) is 11.3 Å². The molecule has 27 heavy (non-hydrogen) atoms. The number of aromatic amines is 1. The number of rotatable bonds is 7. The summed E-state index contributed by atoms with van der Waals surface area (Å²) in [5, 5.41) is 10.1. The molecular formula is C18H17ClN6O2. The highest BCUT2D eigenvalue weighted by Gasteiger charge is 2.18. The molecule has 0 aliphatic rings. The molecule has 9 heteroatoms. The van der Waals surface area contributed by atoms with Crippen LogP contribution in [0.1, 0.15) is 17.5 Å². The second kappa shape index (κ2) is 8.41. The Labute approximate surface area is 160 Å². The summed E-state index contributed by atoms with van der Waals surface area (Å²) in [7, 11) is 0. The van der Waals surface area contributed by atoms with Gasteiger partial charge < -0.3 is 11.1 Å². The second-order valence-corrected chi connectivity index (χ2v) is 6.23. The van der Waals surface area contributed by atoms with Gasteiger partial charge in [-0.05, 0) is 30.2 Å². The molecule has 0 saturated carbocycles. The maximum Gasteiger partial charge on any atom is 0.225 e. The van der Waals surface area contributed by atoms with Crippen molar-refractivity contribution >= 4 is 29.2 Å². The SMILES string of the molecule is NC(=O)Cc1c(NC(=O)CCc2ccc(Cl)nc2)n[nH]c1-c1ccncc1. The molecule has 0 fully saturated rings. The summed E-state index contributed by atoms with van der Waals surface area (Å²) in [4.78, 5) is 31.7. The largest absolute Gasteiger partial charge is 0.369 e. The second-order valence-electron chi connectivity index (χ2n) is 5.84. The summed E-state index contributed by atoms with van der Waals surface area (Å²) in [6.07, 6.45) is 5.57. The third-order valence-corrected chi connectivity index (χ3v) is 4.10. The minimum atomic E-state index is -0.519. The molecule has 3 rings (SSSR count). The van der Waals surface area contributed by atoms with Crippen molar-refractivity contribution in [2.75, 3.05) is 5.32 Å². The quantitative estimate of drug-likeness (QED) is 0.538. The van der Waals surface area contributed by atoms with Crippen molar-refractivity contribution in [3.05, 3.63) is 59.1 Å². The zero-order valence-corrected chi connectivity index (χ0v) is 15.0. The van der Waals surface area contributed by atoms with Gasteiger partial charge in [0.15, 0.2) is 5.82 Å². The molecule has 0 unspecified atom stereocenters. The minimum absolute atomic E-state index is 0.0507. The molecular weight excluding hydrogens is 368 g/mol. The van der Waals surface area contributed by atoms with Gasteiger partial charge >= 0.3 is 0 Å². The van der Waals surface area contributed by atoms with Gasteiger partial charge in [0, 0.05) is 36.1 Å². The highest BCUT2D eigenvalue weighted by atomic mass is 35.5. The van der Waals surface area contributed by atoms with Gasteiger partial charge in [0.1, 0.15) is 5.15 Å². The number of amides is 2. The lowest BCUT2D eigenvalue weighted by Crippen LogP contribution is -2.17. The molecule has 0 radical (unpaired) electrons. The lowest BCUT2D eigenvalue weighted by Gasteiger charge is -2.06. The van der Waals surface area contributed by atoms with Crippen molar-refractivity contribution in [1.82, 2.24) is 20.2 Å². The van der Waals surface area contributed by atoms with Crippen LogP contribution in [0.5, 0.6) is 0 Å². The van der Waals surface area contributed by atoms with Crippen LogP contribution < -0.4 is 11.1 Å². The first-order valence-corrected chi connectivity index (χ1v) is 8.57. The summed E-state index contributed by atoms with van der Waals surface area (Å²) in [5.74, 6) is -0.460. The first-order chi connectivity index (χ1) is 13.0. The highest BCUT2D eigenvalue weighted by Crippen LogP contribution is 2.27. The number of nitrogens with one attached hydrogen (secondary N) is 2. The van der Waals surface area contributed by atoms with Crippen LogP contribution in [0.2, 0.25) is 5.15 Å². The summed E-state index contributed by atoms with van der Waals surface area (Å²) in [6, 6.07) is 7.04. The molecule has 3 aromatic heterocycles. The van der Waals surface area contributed by atoms with E-state index in [4.69, 9.17) is 17.3 Å². The van der Waals surface area contributed by atoms with Crippen LogP contribution in [0.4, 0.5) is 5.82 Å². The normalized spacial score (nSPS) is 10.6. The van der Waals surface area contributed by atoms with E-state index in [2.05, 4.69) is 25.5 Å². The number of anilines is 1. The fourth-order valence-electron chi connectivity index (χ4n) is 2.58. The Bertz CT molecular complexity index is 940. The number of hydrogen-bond donors (Lipinski definition) is 3. The number of aromatic nitrogens is 4. The van der Waals surface area contributed by atoms with Gasteiger partial charge in [0.25, 0.3) is 0 Å². The average Bonchev–Trinajstić information content (AvgIpc) is 3.03. The molecule has 0 aromatic carbocycles. The van der Waals surface area contributed by atoms with E-state index in [1.54, 1.807) is 36.8 Å². The standard InChI is InChI=1S/C18H17ClN6O2/c19-14-3-1-11(10-22-14)2-4-16(27)23-18-13(9-15(20)26)17(24-25-18)12-5-7-21-8-6-12/h1,3,5-8,10H,2,4,9H2,(H2,20,26)(H2,23,24,25,27). The maximum absolute atomic E-state index is 12.3. The molecule has 0 aliphatic heterocycles. The van der Waals surface area contributed by atoms with Crippen molar-refractivity contribution < 1.29 is 9.59 Å². The Balaban J connectivity index is 1.73. The van der Waals surface area contributed by atoms with Crippen LogP contribution in [0.25, 0.3) is 11.3 Å². The summed E-state index contributed by atoms with van der Waals surface area (Å²) >= 11 is 5.75. The summed E-state index contributed by atoms with van der Waals surface area (Å²) in [5.41, 5.74) is 8.20. The first kappa shape index (κ1) is 18.5. The fraction of sp³-hybridized carbons (Fsp3) is 0.167. The molecule has 138 valence electrons. The average molecular weight is 385 g/mol. The topological polar surface area (TPSA) is 127 Å². The number of nitrogens with two attached hydrogens (primary N) is 1. The van der Waals surface area contributed by atoms with Gasteiger partial charge in [0.2, 0.25) is 11.8 Å². The van der Waals surface area contributed by atoms with Gasteiger partial charge in [-0.1, -0.05) is 17.7 Å². The molecule has 3 heterocycles. The number of pyridine rings is 2. The molecule has 4 N–H and O–H groups in total. The zero-order chi connectivity index (χ0) is 19.2. The van der Waals surface area contributed by atoms with Crippen molar-refractivity contribution in [1.29, 1.82) is 0 Å². The molecule has 0 spiro atoms. The summed E-state index contributed by atoms with van der Waals surface area (Å²) < 4.78 is 0. The van der Waals surface area contributed by atoms with E-state index in [9.17, 15) is 9.59 Å². The Morgan fingerprint density at radius 1 is 1.19 bits per heavy atom. The number of carbonyl (C=O) groups excluding carboxylic acids is 2. The predicted molar refractivity (Wildman–Crippen MR) is 101 cm³/mol. The van der Waals surface area contributed by atoms with E-state index in [1.165, 1.54) is 0 Å². The number of carbonyl (C=O) groups is 2. The highest BCUT2D eigenvalue weighted by molar-refractivity contribution is 6.29. The van der Waals surface area contributed by atoms with Crippen LogP contribution >= 0.6 is 11.6 Å². The smallest absolute Gasteiger partial charge is 0.225 e. The Hall–Kier alpha value is -3.26. The number of halogens is 1. The van der Waals surface area contributed by atoms with Crippen LogP contribution in [-0.2, 0) is 22.4 Å². The number of primary amides is 1. The Morgan fingerprint density at radius 2 is 1.96 bits per heavy atom. The van der Waals surface area contributed by atoms with Crippen LogP contribution in [0.3, 0.4) is 0 Å². The number of aryl methyl sites for hydroxylation is 1. The molecule has 0 aliphatic carbocycles. The van der Waals surface area contributed by atoms with E-state index in [-0.39, 0.29) is 18.7 Å². The third-order valence-electron chi connectivity index (χ3n) is 3.87. The van der Waals surface area contributed by atoms with Gasteiger partial charge in [-0.2, -0.15) is 5.10 Å². The van der Waals surface area contributed by atoms with Crippen LogP contribution in [0.15, 0.2) is 42.9 Å². The van der Waals surface area contributed by atoms with E-state index in [0.29, 0.717) is 28.6 Å². The van der Waals surface area contributed by atoms with E-state index >= 15 is 0 Å². The molecule has 0 saturated heterocycles. The monoisotopic (exact) mass is 384 g/mol. The molecule has 8 nitrogen and oxygen atoms in total. The fourth-order valence-corrected chi connectivity index (χ4v) is 2.69. The Morgan fingerprint density at radius 3 is 2.63 bits per heavy atom. The van der Waals surface area contributed by atoms with Crippen LogP contribution in [0, 0.1) is 0 Å². The molecule has 3 aromatic rings. The molecule has 0 atom stereocenters. The lowest BCUT2D eigenvalue weighted by atomic mass is 10.1. The third kappa shape index (κ3) is 4.89. The molecule has 0 bridgehead atoms. The van der Waals surface area contributed by atoms with Gasteiger partial charge in [-0.25, -0.2) is 4.98 Å². The number of nitrogens with zero attached hydrogens (tertiary/aromatic N) is 3. The van der Waals surface area contributed by atoms with E-state index in [0.717, 1.165) is 11.1 Å². The minimum Gasteiger partial charge on any atom is -0.369 e. The predicted octanol–water partition coefficient (Wildman–Crippen LogP) is 2.12. The van der Waals surface area contributed by atoms with Crippen LogP contribution in [-0.4, -0.2) is 32.0 Å². The molecule has 2 amide bonds. The van der Waals surface area contributed by atoms with Crippen molar-refractivity contribution in [3.63, 3.8) is 0 Å². The number of H-pyrrole nitrogens is 1. The summed E-state index contributed by atoms with van der Waals surface area (Å²) in [6.45, 7) is 0. The number of hydrogen-bond acceptors (Lipinski definition) is 5. The van der Waals surface area contributed by atoms with Crippen molar-refractivity contribution in [2.45, 2.75) is 19.3 Å².